The van der Waals surface area contributed by atoms with Crippen LogP contribution in [0.5, 0.6) is 0 Å². The molecule has 0 bridgehead atoms. The average Bonchev–Trinajstić information content (AvgIpc) is 2.32. The molecular weight excluding hydrogens is 150 g/mol. The highest BCUT2D eigenvalue weighted by atomic mass is 15.5. The monoisotopic (exact) mass is 163 g/mol. The summed E-state index contributed by atoms with van der Waals surface area (Å²) in [5.41, 5.74) is 3.08. The van der Waals surface area contributed by atoms with Gasteiger partial charge in [-0.25, -0.2) is 0 Å². The molecule has 0 radical (unpaired) electrons. The predicted octanol–water partition coefficient (Wildman–Crippen LogP) is 2.08. The van der Waals surface area contributed by atoms with Gasteiger partial charge in [-0.05, 0) is 31.9 Å². The molecule has 0 unspecified atom stereocenters. The lowest BCUT2D eigenvalue weighted by Gasteiger charge is -2.00. The molecule has 0 atom stereocenters. The molecule has 1 aromatic heterocycles. The Kier molecular flexibility index (Phi) is 2.43. The van der Waals surface area contributed by atoms with Gasteiger partial charge in [-0.3, -0.25) is 0 Å². The van der Waals surface area contributed by atoms with Gasteiger partial charge in [0.1, 0.15) is 0 Å². The quantitative estimate of drug-likeness (QED) is 0.614. The molecule has 0 aromatic carbocycles. The SMILES string of the molecule is C=C(C)c1c(C)cnn1/N=C\C. The van der Waals surface area contributed by atoms with E-state index in [1.54, 1.807) is 17.2 Å². The van der Waals surface area contributed by atoms with E-state index in [0.29, 0.717) is 0 Å². The van der Waals surface area contributed by atoms with Crippen LogP contribution in [0.3, 0.4) is 0 Å². The molecule has 1 heterocycles. The van der Waals surface area contributed by atoms with E-state index in [9.17, 15) is 0 Å². The Balaban J connectivity index is 3.21. The van der Waals surface area contributed by atoms with Gasteiger partial charge in [0.2, 0.25) is 0 Å². The molecule has 0 N–H and O–H groups in total. The number of hydrogen-bond acceptors (Lipinski definition) is 2. The van der Waals surface area contributed by atoms with Crippen LogP contribution < -0.4 is 0 Å². The third kappa shape index (κ3) is 1.44. The molecule has 0 saturated carbocycles. The van der Waals surface area contributed by atoms with Crippen LogP contribution in [0.15, 0.2) is 17.9 Å². The largest absolute Gasteiger partial charge is 0.163 e. The first-order valence-corrected chi connectivity index (χ1v) is 3.86. The summed E-state index contributed by atoms with van der Waals surface area (Å²) < 4.78 is 0. The normalized spacial score (nSPS) is 10.9. The average molecular weight is 163 g/mol. The minimum absolute atomic E-state index is 0.982. The molecule has 0 aliphatic rings. The maximum absolute atomic E-state index is 4.08. The van der Waals surface area contributed by atoms with Crippen LogP contribution in [-0.2, 0) is 0 Å². The molecule has 0 spiro atoms. The summed E-state index contributed by atoms with van der Waals surface area (Å²) in [4.78, 5) is 1.59. The summed E-state index contributed by atoms with van der Waals surface area (Å²) in [5.74, 6) is 0. The zero-order valence-electron chi connectivity index (χ0n) is 7.70. The van der Waals surface area contributed by atoms with Crippen molar-refractivity contribution >= 4 is 11.8 Å². The molecule has 64 valence electrons. The lowest BCUT2D eigenvalue weighted by Crippen LogP contribution is -1.96. The maximum Gasteiger partial charge on any atom is 0.0924 e. The lowest BCUT2D eigenvalue weighted by atomic mass is 10.2. The van der Waals surface area contributed by atoms with Crippen molar-refractivity contribution in [3.8, 4) is 0 Å². The zero-order valence-corrected chi connectivity index (χ0v) is 7.70. The van der Waals surface area contributed by atoms with Crippen molar-refractivity contribution in [2.45, 2.75) is 20.8 Å². The molecule has 0 saturated heterocycles. The number of rotatable bonds is 2. The second-order valence-electron chi connectivity index (χ2n) is 2.72. The summed E-state index contributed by atoms with van der Waals surface area (Å²) >= 11 is 0. The van der Waals surface area contributed by atoms with E-state index in [1.807, 2.05) is 20.8 Å². The second kappa shape index (κ2) is 3.34. The Bertz CT molecular complexity index is 321. The van der Waals surface area contributed by atoms with Crippen molar-refractivity contribution in [1.82, 2.24) is 9.89 Å². The number of hydrogen-bond donors (Lipinski definition) is 0. The molecule has 1 rings (SSSR count). The first-order chi connectivity index (χ1) is 5.66. The van der Waals surface area contributed by atoms with E-state index in [2.05, 4.69) is 16.8 Å². The zero-order chi connectivity index (χ0) is 9.14. The van der Waals surface area contributed by atoms with Crippen LogP contribution in [-0.4, -0.2) is 16.1 Å². The van der Waals surface area contributed by atoms with Gasteiger partial charge >= 0.3 is 0 Å². The summed E-state index contributed by atoms with van der Waals surface area (Å²) in [7, 11) is 0. The highest BCUT2D eigenvalue weighted by molar-refractivity contribution is 5.61. The Morgan fingerprint density at radius 3 is 2.92 bits per heavy atom. The Morgan fingerprint density at radius 1 is 1.75 bits per heavy atom. The van der Waals surface area contributed by atoms with E-state index in [-0.39, 0.29) is 0 Å². The fourth-order valence-electron chi connectivity index (χ4n) is 1.12. The van der Waals surface area contributed by atoms with Crippen LogP contribution in [0, 0.1) is 6.92 Å². The number of aryl methyl sites for hydroxylation is 1. The van der Waals surface area contributed by atoms with Gasteiger partial charge in [-0.15, -0.1) is 0 Å². The van der Waals surface area contributed by atoms with Crippen molar-refractivity contribution in [2.75, 3.05) is 0 Å². The van der Waals surface area contributed by atoms with Crippen molar-refractivity contribution in [3.05, 3.63) is 24.0 Å². The standard InChI is InChI=1S/C9H13N3/c1-5-10-12-9(7(2)3)8(4)6-11-12/h5-6H,2H2,1,3-4H3/b10-5-. The lowest BCUT2D eigenvalue weighted by molar-refractivity contribution is 0.733. The molecule has 0 aliphatic carbocycles. The van der Waals surface area contributed by atoms with Crippen molar-refractivity contribution < 1.29 is 0 Å². The van der Waals surface area contributed by atoms with Crippen LogP contribution in [0.1, 0.15) is 25.1 Å². The summed E-state index contributed by atoms with van der Waals surface area (Å²) in [6, 6.07) is 0. The molecule has 1 aromatic rings. The Labute approximate surface area is 72.4 Å². The highest BCUT2D eigenvalue weighted by Gasteiger charge is 2.05. The minimum atomic E-state index is 0.982. The van der Waals surface area contributed by atoms with Gasteiger partial charge in [0.05, 0.1) is 11.9 Å². The predicted molar refractivity (Wildman–Crippen MR) is 51.2 cm³/mol. The first-order valence-electron chi connectivity index (χ1n) is 3.86. The molecule has 0 aliphatic heterocycles. The van der Waals surface area contributed by atoms with Gasteiger partial charge in [-0.2, -0.15) is 15.0 Å². The molecule has 3 nitrogen and oxygen atoms in total. The summed E-state index contributed by atoms with van der Waals surface area (Å²) in [5, 5.41) is 8.15. The topological polar surface area (TPSA) is 30.2 Å². The van der Waals surface area contributed by atoms with Crippen LogP contribution >= 0.6 is 0 Å². The minimum Gasteiger partial charge on any atom is -0.163 e. The van der Waals surface area contributed by atoms with Gasteiger partial charge < -0.3 is 0 Å². The summed E-state index contributed by atoms with van der Waals surface area (Å²) in [6.45, 7) is 9.68. The molecule has 3 heteroatoms. The van der Waals surface area contributed by atoms with E-state index in [4.69, 9.17) is 0 Å². The fourth-order valence-corrected chi connectivity index (χ4v) is 1.12. The smallest absolute Gasteiger partial charge is 0.0924 e. The number of allylic oxidation sites excluding steroid dienone is 1. The van der Waals surface area contributed by atoms with Crippen LogP contribution in [0.2, 0.25) is 0 Å². The summed E-state index contributed by atoms with van der Waals surface area (Å²) in [6.07, 6.45) is 3.50. The van der Waals surface area contributed by atoms with Gasteiger partial charge in [0.15, 0.2) is 0 Å². The first kappa shape index (κ1) is 8.71. The third-order valence-electron chi connectivity index (χ3n) is 1.56. The van der Waals surface area contributed by atoms with E-state index in [0.717, 1.165) is 16.8 Å². The Hall–Kier alpha value is -1.38. The fraction of sp³-hybridized carbons (Fsp3) is 0.333. The number of aromatic nitrogens is 2. The van der Waals surface area contributed by atoms with E-state index >= 15 is 0 Å². The van der Waals surface area contributed by atoms with E-state index < -0.39 is 0 Å². The third-order valence-corrected chi connectivity index (χ3v) is 1.56. The Morgan fingerprint density at radius 2 is 2.42 bits per heavy atom. The molecular formula is C9H13N3. The van der Waals surface area contributed by atoms with Gasteiger partial charge in [0.25, 0.3) is 0 Å². The van der Waals surface area contributed by atoms with Crippen molar-refractivity contribution in [3.63, 3.8) is 0 Å². The van der Waals surface area contributed by atoms with Crippen molar-refractivity contribution in [1.29, 1.82) is 0 Å². The van der Waals surface area contributed by atoms with Crippen molar-refractivity contribution in [2.24, 2.45) is 5.10 Å². The highest BCUT2D eigenvalue weighted by Crippen LogP contribution is 2.15. The second-order valence-corrected chi connectivity index (χ2v) is 2.72. The van der Waals surface area contributed by atoms with Gasteiger partial charge in [0, 0.05) is 6.21 Å². The van der Waals surface area contributed by atoms with Gasteiger partial charge in [-0.1, -0.05) is 6.58 Å². The maximum atomic E-state index is 4.08. The molecule has 12 heavy (non-hydrogen) atoms. The van der Waals surface area contributed by atoms with Crippen LogP contribution in [0.4, 0.5) is 0 Å². The van der Waals surface area contributed by atoms with E-state index in [1.165, 1.54) is 0 Å². The molecule has 0 amide bonds. The number of nitrogens with zero attached hydrogens (tertiary/aromatic N) is 3. The molecule has 0 fully saturated rings. The van der Waals surface area contributed by atoms with Crippen LogP contribution in [0.25, 0.3) is 5.57 Å².